The van der Waals surface area contributed by atoms with E-state index < -0.39 is 0 Å². The van der Waals surface area contributed by atoms with Gasteiger partial charge < -0.3 is 9.98 Å². The summed E-state index contributed by atoms with van der Waals surface area (Å²) >= 11 is 4.88. The van der Waals surface area contributed by atoms with Crippen LogP contribution in [0, 0.1) is 0 Å². The molecule has 0 saturated carbocycles. The van der Waals surface area contributed by atoms with E-state index in [2.05, 4.69) is 22.8 Å². The van der Waals surface area contributed by atoms with E-state index in [1.54, 1.807) is 7.05 Å². The van der Waals surface area contributed by atoms with Gasteiger partial charge in [-0.15, -0.1) is 24.3 Å². The topological polar surface area (TPSA) is 48.5 Å². The maximum Gasteiger partial charge on any atom is 1.00 e. The van der Waals surface area contributed by atoms with Gasteiger partial charge in [0.1, 0.15) is 0 Å². The molecule has 0 bridgehead atoms. The van der Waals surface area contributed by atoms with Crippen molar-refractivity contribution in [3.63, 3.8) is 0 Å². The summed E-state index contributed by atoms with van der Waals surface area (Å²) in [6.45, 7) is 0. The Morgan fingerprint density at radius 3 is 2.60 bits per heavy atom. The Kier molecular flexibility index (Phi) is 5.71. The molecule has 0 unspecified atom stereocenters. The molecular weight excluding hydrogens is 244 g/mol. The summed E-state index contributed by atoms with van der Waals surface area (Å²) in [6.07, 6.45) is 0. The van der Waals surface area contributed by atoms with Crippen LogP contribution in [0.4, 0.5) is 0 Å². The molecule has 0 aliphatic heterocycles. The Bertz CT molecular complexity index is 310. The molecule has 0 atom stereocenters. The maximum absolute atomic E-state index is 10.5. The summed E-state index contributed by atoms with van der Waals surface area (Å²) in [4.78, 5) is 18.2. The molecule has 50 valence electrons. The first-order valence-electron chi connectivity index (χ1n) is 2.13. The predicted molar refractivity (Wildman–Crippen MR) is 37.8 cm³/mol. The van der Waals surface area contributed by atoms with Gasteiger partial charge in [-0.2, -0.15) is 0 Å². The van der Waals surface area contributed by atoms with Crippen LogP contribution in [0.15, 0.2) is 9.79 Å². The molecule has 7 heteroatoms. The van der Waals surface area contributed by atoms with Crippen LogP contribution in [0.25, 0.3) is 0 Å². The molecule has 0 saturated heterocycles. The molecule has 10 heavy (non-hydrogen) atoms. The second-order valence-electron chi connectivity index (χ2n) is 1.26. The molecule has 0 aromatic carbocycles. The van der Waals surface area contributed by atoms with Crippen molar-refractivity contribution in [1.82, 2.24) is 8.35 Å². The fraction of sp³-hybridized carbons (Fsp3) is 0.333. The molecule has 0 radical (unpaired) electrons. The Labute approximate surface area is 116 Å². The van der Waals surface area contributed by atoms with Crippen LogP contribution in [-0.4, -0.2) is 10.4 Å². The quantitative estimate of drug-likeness (QED) is 0.477. The van der Waals surface area contributed by atoms with Gasteiger partial charge in [-0.25, -0.2) is 0 Å². The third kappa shape index (κ3) is 2.75. The van der Waals surface area contributed by atoms with Gasteiger partial charge in [-0.05, 0) is 7.05 Å². The number of hydrogen-bond donors (Lipinski definition) is 1. The van der Waals surface area contributed by atoms with Gasteiger partial charge in [-0.1, -0.05) is 0 Å². The van der Waals surface area contributed by atoms with E-state index in [1.165, 1.54) is 0 Å². The average molecular weight is 248 g/mol. The van der Waals surface area contributed by atoms with E-state index in [-0.39, 0.29) is 63.9 Å². The van der Waals surface area contributed by atoms with Crippen molar-refractivity contribution >= 4 is 24.3 Å². The summed E-state index contributed by atoms with van der Waals surface area (Å²) in [7, 11) is 1.58. The summed E-state index contributed by atoms with van der Waals surface area (Å²) in [6, 6.07) is 0. The number of aromatic nitrogens is 2. The van der Waals surface area contributed by atoms with E-state index in [0.29, 0.717) is 4.80 Å². The van der Waals surface area contributed by atoms with Crippen molar-refractivity contribution in [2.75, 3.05) is 7.05 Å². The van der Waals surface area contributed by atoms with Gasteiger partial charge in [0.2, 0.25) is 5.69 Å². The number of rotatable bonds is 0. The zero-order valence-electron chi connectivity index (χ0n) is 5.61. The summed E-state index contributed by atoms with van der Waals surface area (Å²) < 4.78 is 1.13. The number of nitrogens with zero attached hydrogens (tertiary/aromatic N) is 3. The van der Waals surface area contributed by atoms with Crippen LogP contribution in [-0.2, 0) is 0 Å². The Morgan fingerprint density at radius 1 is 1.80 bits per heavy atom. The van der Waals surface area contributed by atoms with Gasteiger partial charge >= 0.3 is 58.2 Å². The van der Waals surface area contributed by atoms with Crippen molar-refractivity contribution in [3.05, 3.63) is 15.3 Å². The Balaban J connectivity index is 0.000000810. The first-order chi connectivity index (χ1) is 4.24. The van der Waals surface area contributed by atoms with Crippen molar-refractivity contribution in [2.24, 2.45) is 4.99 Å². The fourth-order valence-corrected chi connectivity index (χ4v) is 1.09. The summed E-state index contributed by atoms with van der Waals surface area (Å²) in [5.74, 6) is 0. The van der Waals surface area contributed by atoms with E-state index >= 15 is 0 Å². The molecule has 1 rings (SSSR count). The summed E-state index contributed by atoms with van der Waals surface area (Å²) in [5, 5.41) is 0. The second kappa shape index (κ2) is 5.05. The fourth-order valence-electron chi connectivity index (χ4n) is 0.352. The molecule has 1 aromatic heterocycles. The van der Waals surface area contributed by atoms with Crippen LogP contribution in [0.5, 0.6) is 0 Å². The molecule has 1 heterocycles. The standard InChI is InChI=1S/C3H5N3OS2.Rb/c1-4-2-5-3(7)6(8)9-2;/h8H,1H3,(H,4,5,7);/q;+1/p-1. The van der Waals surface area contributed by atoms with Crippen molar-refractivity contribution in [1.29, 1.82) is 0 Å². The SMILES string of the molecule is CN=c1[n-]c(=O)n(S)s1.[Rb+]. The van der Waals surface area contributed by atoms with Crippen molar-refractivity contribution < 1.29 is 58.2 Å². The minimum Gasteiger partial charge on any atom is -0.390 e. The first-order valence-corrected chi connectivity index (χ1v) is 3.31. The maximum atomic E-state index is 10.5. The van der Waals surface area contributed by atoms with E-state index in [0.717, 1.165) is 14.9 Å². The Morgan fingerprint density at radius 2 is 2.40 bits per heavy atom. The van der Waals surface area contributed by atoms with E-state index in [1.807, 2.05) is 0 Å². The van der Waals surface area contributed by atoms with E-state index in [4.69, 9.17) is 0 Å². The van der Waals surface area contributed by atoms with Crippen LogP contribution in [0.3, 0.4) is 0 Å². The van der Waals surface area contributed by atoms with Crippen LogP contribution in [0.2, 0.25) is 0 Å². The third-order valence-electron chi connectivity index (χ3n) is 0.714. The Hall–Kier alpha value is 1.32. The molecule has 0 aliphatic carbocycles. The van der Waals surface area contributed by atoms with E-state index in [9.17, 15) is 4.79 Å². The molecule has 0 spiro atoms. The zero-order chi connectivity index (χ0) is 6.85. The smallest absolute Gasteiger partial charge is 0.390 e. The molecular formula is C3H4N3ORbS2. The molecule has 0 amide bonds. The molecule has 0 aliphatic rings. The van der Waals surface area contributed by atoms with Crippen LogP contribution in [0.1, 0.15) is 0 Å². The van der Waals surface area contributed by atoms with Gasteiger partial charge in [0, 0.05) is 0 Å². The monoisotopic (exact) mass is 247 g/mol. The van der Waals surface area contributed by atoms with Crippen LogP contribution >= 0.6 is 24.3 Å². The number of hydrogen-bond acceptors (Lipinski definition) is 4. The zero-order valence-corrected chi connectivity index (χ0v) is 12.2. The average Bonchev–Trinajstić information content (AvgIpc) is 2.13. The van der Waals surface area contributed by atoms with Gasteiger partial charge in [0.15, 0.2) is 0 Å². The van der Waals surface area contributed by atoms with Crippen LogP contribution < -0.4 is 73.7 Å². The van der Waals surface area contributed by atoms with Gasteiger partial charge in [0.25, 0.3) is 0 Å². The molecule has 1 aromatic rings. The molecule has 0 fully saturated rings. The minimum absolute atomic E-state index is 0. The molecule has 0 N–H and O–H groups in total. The summed E-state index contributed by atoms with van der Waals surface area (Å²) in [5.41, 5.74) is -0.371. The van der Waals surface area contributed by atoms with Gasteiger partial charge in [-0.3, -0.25) is 8.16 Å². The second-order valence-corrected chi connectivity index (χ2v) is 2.85. The predicted octanol–water partition coefficient (Wildman–Crippen LogP) is -3.91. The normalized spacial score (nSPS) is 11.2. The molecule has 4 nitrogen and oxygen atoms in total. The van der Waals surface area contributed by atoms with Crippen molar-refractivity contribution in [3.8, 4) is 0 Å². The third-order valence-corrected chi connectivity index (χ3v) is 1.90. The first kappa shape index (κ1) is 11.3. The number of thiol groups is 1. The minimum atomic E-state index is -0.371. The van der Waals surface area contributed by atoms with Gasteiger partial charge in [0.05, 0.1) is 4.80 Å². The van der Waals surface area contributed by atoms with Crippen molar-refractivity contribution in [2.45, 2.75) is 0 Å². The largest absolute Gasteiger partial charge is 1.00 e.